The molecule has 0 aliphatic rings. The molecule has 2 amide bonds. The fourth-order valence-corrected chi connectivity index (χ4v) is 1.53. The van der Waals surface area contributed by atoms with Gasteiger partial charge in [0.25, 0.3) is 5.91 Å². The van der Waals surface area contributed by atoms with Crippen molar-refractivity contribution in [3.05, 3.63) is 60.1 Å². The molecule has 7 heteroatoms. The van der Waals surface area contributed by atoms with Crippen LogP contribution in [0.5, 0.6) is 0 Å². The maximum atomic E-state index is 11.7. The van der Waals surface area contributed by atoms with E-state index >= 15 is 0 Å². The van der Waals surface area contributed by atoms with Gasteiger partial charge in [0.2, 0.25) is 5.91 Å². The summed E-state index contributed by atoms with van der Waals surface area (Å²) in [6, 6.07) is 6.87. The Hall–Kier alpha value is -2.96. The maximum Gasteiger partial charge on any atom is 0.267 e. The van der Waals surface area contributed by atoms with E-state index in [-0.39, 0.29) is 18.8 Å². The first-order chi connectivity index (χ1) is 10.1. The smallest absolute Gasteiger partial charge is 0.267 e. The lowest BCUT2D eigenvalue weighted by Gasteiger charge is -2.04. The van der Waals surface area contributed by atoms with Crippen molar-refractivity contribution in [3.63, 3.8) is 0 Å². The lowest BCUT2D eigenvalue weighted by Crippen LogP contribution is -2.30. The summed E-state index contributed by atoms with van der Waals surface area (Å²) < 4.78 is 10.1. The summed E-state index contributed by atoms with van der Waals surface area (Å²) in [7, 11) is 0. The van der Waals surface area contributed by atoms with Gasteiger partial charge in [-0.25, -0.2) is 0 Å². The molecule has 7 nitrogen and oxygen atoms in total. The summed E-state index contributed by atoms with van der Waals surface area (Å²) >= 11 is 0. The van der Waals surface area contributed by atoms with Crippen LogP contribution in [0.3, 0.4) is 0 Å². The summed E-state index contributed by atoms with van der Waals surface area (Å²) in [5, 5.41) is 5.09. The molecule has 2 rings (SSSR count). The molecule has 2 aromatic heterocycles. The van der Waals surface area contributed by atoms with Crippen LogP contribution in [0.1, 0.15) is 11.5 Å². The topological polar surface area (TPSA) is 111 Å². The van der Waals surface area contributed by atoms with E-state index in [2.05, 4.69) is 10.6 Å². The van der Waals surface area contributed by atoms with E-state index < -0.39 is 11.8 Å². The molecule has 0 fully saturated rings. The number of rotatable bonds is 6. The van der Waals surface area contributed by atoms with Crippen molar-refractivity contribution in [3.8, 4) is 0 Å². The summed E-state index contributed by atoms with van der Waals surface area (Å²) in [6.45, 7) is 0.429. The van der Waals surface area contributed by atoms with Gasteiger partial charge in [0.1, 0.15) is 17.2 Å². The van der Waals surface area contributed by atoms with Crippen LogP contribution in [0.2, 0.25) is 0 Å². The first-order valence-corrected chi connectivity index (χ1v) is 6.23. The summed E-state index contributed by atoms with van der Waals surface area (Å²) in [6.07, 6.45) is 4.04. The Kier molecular flexibility index (Phi) is 4.81. The van der Waals surface area contributed by atoms with E-state index in [1.54, 1.807) is 24.3 Å². The van der Waals surface area contributed by atoms with Gasteiger partial charge in [-0.05, 0) is 24.3 Å². The highest BCUT2D eigenvalue weighted by molar-refractivity contribution is 6.00. The lowest BCUT2D eigenvalue weighted by molar-refractivity contribution is -0.119. The number of furan rings is 2. The van der Waals surface area contributed by atoms with Crippen LogP contribution in [0.4, 0.5) is 0 Å². The van der Waals surface area contributed by atoms with Crippen LogP contribution >= 0.6 is 0 Å². The van der Waals surface area contributed by atoms with E-state index in [0.717, 1.165) is 6.08 Å². The molecule has 0 saturated carbocycles. The molecule has 0 atom stereocenters. The molecule has 2 aromatic rings. The largest absolute Gasteiger partial charge is 0.467 e. The van der Waals surface area contributed by atoms with Crippen molar-refractivity contribution >= 4 is 11.8 Å². The van der Waals surface area contributed by atoms with Crippen LogP contribution in [0.25, 0.3) is 0 Å². The van der Waals surface area contributed by atoms with Gasteiger partial charge in [0.05, 0.1) is 25.6 Å². The Morgan fingerprint density at radius 2 is 1.62 bits per heavy atom. The fraction of sp³-hybridized carbons (Fsp3) is 0.143. The van der Waals surface area contributed by atoms with Crippen molar-refractivity contribution in [2.24, 2.45) is 5.73 Å². The van der Waals surface area contributed by atoms with Gasteiger partial charge in [0.15, 0.2) is 0 Å². The van der Waals surface area contributed by atoms with Crippen LogP contribution < -0.4 is 16.4 Å². The Morgan fingerprint density at radius 3 is 2.14 bits per heavy atom. The molecule has 0 aromatic carbocycles. The van der Waals surface area contributed by atoms with Gasteiger partial charge in [-0.1, -0.05) is 0 Å². The first-order valence-electron chi connectivity index (χ1n) is 6.23. The van der Waals surface area contributed by atoms with Crippen LogP contribution in [-0.2, 0) is 22.7 Å². The molecule has 0 unspecified atom stereocenters. The zero-order valence-electron chi connectivity index (χ0n) is 11.2. The number of carbonyl (C=O) groups excluding carboxylic acids is 2. The molecule has 2 heterocycles. The highest BCUT2D eigenvalue weighted by atomic mass is 16.3. The van der Waals surface area contributed by atoms with Crippen molar-refractivity contribution < 1.29 is 18.4 Å². The van der Waals surface area contributed by atoms with Gasteiger partial charge in [-0.2, -0.15) is 0 Å². The highest BCUT2D eigenvalue weighted by Crippen LogP contribution is 2.00. The van der Waals surface area contributed by atoms with Crippen molar-refractivity contribution in [2.75, 3.05) is 0 Å². The van der Waals surface area contributed by atoms with E-state index in [4.69, 9.17) is 14.6 Å². The molecule has 0 spiro atoms. The molecule has 0 saturated heterocycles. The third-order valence-corrected chi connectivity index (χ3v) is 2.57. The minimum atomic E-state index is -0.542. The molecular weight excluding hydrogens is 274 g/mol. The normalized spacial score (nSPS) is 11.1. The zero-order valence-corrected chi connectivity index (χ0v) is 11.2. The highest BCUT2D eigenvalue weighted by Gasteiger charge is 2.08. The quantitative estimate of drug-likeness (QED) is 0.676. The summed E-state index contributed by atoms with van der Waals surface area (Å²) in [4.78, 5) is 23.2. The standard InChI is InChI=1S/C14H15N3O4/c15-12(14(19)17-9-11-4-2-6-21-11)7-13(18)16-8-10-3-1-5-20-10/h1-7H,8-9,15H2,(H,16,18)(H,17,19)/b12-7-. The molecule has 0 aliphatic heterocycles. The second kappa shape index (κ2) is 6.99. The molecule has 0 radical (unpaired) electrons. The van der Waals surface area contributed by atoms with Gasteiger partial charge in [0, 0.05) is 6.08 Å². The van der Waals surface area contributed by atoms with Gasteiger partial charge < -0.3 is 25.2 Å². The number of nitrogens with one attached hydrogen (secondary N) is 2. The summed E-state index contributed by atoms with van der Waals surface area (Å²) in [5.74, 6) is 0.188. The summed E-state index contributed by atoms with van der Waals surface area (Å²) in [5.41, 5.74) is 5.36. The third kappa shape index (κ3) is 4.57. The molecular formula is C14H15N3O4. The number of hydrogen-bond acceptors (Lipinski definition) is 5. The SMILES string of the molecule is N/C(=C\C(=O)NCc1ccco1)C(=O)NCc1ccco1. The van der Waals surface area contributed by atoms with Gasteiger partial charge in [-0.3, -0.25) is 9.59 Å². The number of amides is 2. The Bertz CT molecular complexity index is 615. The number of hydrogen-bond donors (Lipinski definition) is 3. The van der Waals surface area contributed by atoms with Crippen LogP contribution in [-0.4, -0.2) is 11.8 Å². The monoisotopic (exact) mass is 289 g/mol. The average molecular weight is 289 g/mol. The fourth-order valence-electron chi connectivity index (χ4n) is 1.53. The number of nitrogens with two attached hydrogens (primary N) is 1. The Balaban J connectivity index is 1.78. The maximum absolute atomic E-state index is 11.7. The first kappa shape index (κ1) is 14.4. The second-order valence-corrected chi connectivity index (χ2v) is 4.16. The van der Waals surface area contributed by atoms with Gasteiger partial charge >= 0.3 is 0 Å². The minimum absolute atomic E-state index is 0.182. The zero-order chi connectivity index (χ0) is 15.1. The molecule has 110 valence electrons. The Labute approximate surface area is 120 Å². The van der Waals surface area contributed by atoms with E-state index in [1.165, 1.54) is 12.5 Å². The van der Waals surface area contributed by atoms with E-state index in [1.807, 2.05) is 0 Å². The van der Waals surface area contributed by atoms with Crippen LogP contribution in [0, 0.1) is 0 Å². The third-order valence-electron chi connectivity index (χ3n) is 2.57. The van der Waals surface area contributed by atoms with Gasteiger partial charge in [-0.15, -0.1) is 0 Å². The van der Waals surface area contributed by atoms with E-state index in [0.29, 0.717) is 11.5 Å². The Morgan fingerprint density at radius 1 is 1.05 bits per heavy atom. The van der Waals surface area contributed by atoms with Crippen molar-refractivity contribution in [1.82, 2.24) is 10.6 Å². The molecule has 4 N–H and O–H groups in total. The number of carbonyl (C=O) groups is 2. The van der Waals surface area contributed by atoms with Crippen LogP contribution in [0.15, 0.2) is 57.4 Å². The predicted molar refractivity (Wildman–Crippen MR) is 73.4 cm³/mol. The molecule has 0 aliphatic carbocycles. The molecule has 21 heavy (non-hydrogen) atoms. The second-order valence-electron chi connectivity index (χ2n) is 4.16. The van der Waals surface area contributed by atoms with Crippen molar-refractivity contribution in [2.45, 2.75) is 13.1 Å². The minimum Gasteiger partial charge on any atom is -0.467 e. The lowest BCUT2D eigenvalue weighted by atomic mass is 10.3. The molecule has 0 bridgehead atoms. The average Bonchev–Trinajstić information content (AvgIpc) is 3.15. The van der Waals surface area contributed by atoms with E-state index in [9.17, 15) is 9.59 Å². The predicted octanol–water partition coefficient (Wildman–Crippen LogP) is 0.648. The van der Waals surface area contributed by atoms with Crippen molar-refractivity contribution in [1.29, 1.82) is 0 Å².